The Labute approximate surface area is 406 Å². The number of aliphatic hydroxyl groups is 2. The van der Waals surface area contributed by atoms with Gasteiger partial charge in [-0.25, -0.2) is 4.79 Å². The molecule has 4 rings (SSSR count). The lowest BCUT2D eigenvalue weighted by Crippen LogP contribution is -2.61. The number of Topliss-reactive ketones (excluding diaryl/α,β-unsaturated/α-hetero) is 3. The summed E-state index contributed by atoms with van der Waals surface area (Å²) < 4.78 is 35.9. The number of hydrogen-bond acceptors (Lipinski definition) is 13. The second-order valence-corrected chi connectivity index (χ2v) is 20.5. The third-order valence-electron chi connectivity index (χ3n) is 15.3. The van der Waals surface area contributed by atoms with Crippen LogP contribution in [0.3, 0.4) is 0 Å². The number of carbonyl (C=O) groups excluding carboxylic acids is 5. The first-order valence-corrected chi connectivity index (χ1v) is 25.3. The second kappa shape index (κ2) is 27.3. The molecule has 384 valence electrons. The highest BCUT2D eigenvalue weighted by Gasteiger charge is 2.53. The lowest BCUT2D eigenvalue weighted by Gasteiger charge is -2.42. The first kappa shape index (κ1) is 57.2. The topological polar surface area (TPSA) is 184 Å². The van der Waals surface area contributed by atoms with Crippen molar-refractivity contribution in [1.29, 1.82) is 0 Å². The predicted molar refractivity (Wildman–Crippen MR) is 259 cm³/mol. The van der Waals surface area contributed by atoms with E-state index < -0.39 is 59.8 Å². The number of cyclic esters (lactones) is 1. The lowest BCUT2D eigenvalue weighted by molar-refractivity contribution is -0.265. The molecule has 0 spiro atoms. The minimum atomic E-state index is -2.42. The molecule has 2 bridgehead atoms. The van der Waals surface area contributed by atoms with Crippen LogP contribution in [0.5, 0.6) is 0 Å². The van der Waals surface area contributed by atoms with E-state index in [0.717, 1.165) is 18.4 Å². The molecule has 0 aromatic heterocycles. The van der Waals surface area contributed by atoms with Gasteiger partial charge in [0, 0.05) is 52.6 Å². The molecule has 4 aliphatic rings. The minimum absolute atomic E-state index is 0.00503. The number of hydrogen-bond donors (Lipinski definition) is 2. The Hall–Kier alpha value is -3.37. The fourth-order valence-corrected chi connectivity index (χ4v) is 10.7. The van der Waals surface area contributed by atoms with Gasteiger partial charge in [-0.3, -0.25) is 19.2 Å². The average Bonchev–Trinajstić information content (AvgIpc) is 3.32. The van der Waals surface area contributed by atoms with Crippen LogP contribution in [0, 0.1) is 41.4 Å². The maximum absolute atomic E-state index is 14.5. The largest absolute Gasteiger partial charge is 0.460 e. The van der Waals surface area contributed by atoms with E-state index in [2.05, 4.69) is 13.0 Å². The quantitative estimate of drug-likeness (QED) is 0.172. The number of ketones is 3. The van der Waals surface area contributed by atoms with E-state index in [1.54, 1.807) is 35.2 Å². The summed E-state index contributed by atoms with van der Waals surface area (Å²) in [5.41, 5.74) is 1.37. The molecule has 14 heteroatoms. The molecule has 2 saturated heterocycles. The molecule has 1 aliphatic carbocycles. The summed E-state index contributed by atoms with van der Waals surface area (Å²) in [5.74, 6) is -6.94. The van der Waals surface area contributed by atoms with Crippen molar-refractivity contribution in [2.24, 2.45) is 41.4 Å². The zero-order valence-electron chi connectivity index (χ0n) is 43.0. The molecule has 68 heavy (non-hydrogen) atoms. The van der Waals surface area contributed by atoms with E-state index in [1.165, 1.54) is 4.90 Å². The lowest BCUT2D eigenvalue weighted by atomic mass is 9.78. The highest BCUT2D eigenvalue weighted by atomic mass is 16.6. The van der Waals surface area contributed by atoms with Crippen LogP contribution in [-0.4, -0.2) is 134 Å². The Morgan fingerprint density at radius 3 is 2.26 bits per heavy atom. The number of carbonyl (C=O) groups is 5. The molecule has 0 aromatic rings. The number of piperidine rings is 1. The molecule has 15 atom stereocenters. The molecule has 0 radical (unpaired) electrons. The standard InChI is InChI=1S/C54H85NO13/c1-33-17-13-12-14-18-34(2)46(63-9)31-42-22-20-39(7)54(62,68-42)51(59)52(60)55-24-16-15-19-43(55)53(61)67-47(37(5)29-41-21-23-45(66-26-25-56)48(30-41)64-10)32-44(57)36(4)28-35(3)40(8)50(65-11)49(58)38(6)27-33/h12-14,17-18,28,33,35,37-43,45-48,50,56,62H,15-16,19-27,29-32H2,1-11H3/t33-,35?,37-,38-,39-,40-,41+,42?,43+,45-,46+,47?,48-,50-,54-/m1/s1. The summed E-state index contributed by atoms with van der Waals surface area (Å²) in [5, 5.41) is 21.3. The molecule has 3 heterocycles. The van der Waals surface area contributed by atoms with Gasteiger partial charge in [-0.2, -0.15) is 0 Å². The summed E-state index contributed by atoms with van der Waals surface area (Å²) in [6, 6.07) is -1.11. The van der Waals surface area contributed by atoms with Crippen LogP contribution in [0.1, 0.15) is 132 Å². The van der Waals surface area contributed by atoms with E-state index in [4.69, 9.17) is 28.4 Å². The van der Waals surface area contributed by atoms with Crippen molar-refractivity contribution in [1.82, 2.24) is 4.90 Å². The van der Waals surface area contributed by atoms with E-state index in [1.807, 2.05) is 65.0 Å². The summed E-state index contributed by atoms with van der Waals surface area (Å²) in [4.78, 5) is 72.4. The first-order chi connectivity index (χ1) is 32.3. The van der Waals surface area contributed by atoms with E-state index in [-0.39, 0.29) is 91.9 Å². The number of nitrogens with zero attached hydrogens (tertiary/aromatic N) is 1. The van der Waals surface area contributed by atoms with E-state index in [0.29, 0.717) is 56.9 Å². The molecule has 3 fully saturated rings. The Balaban J connectivity index is 1.70. The monoisotopic (exact) mass is 956 g/mol. The number of aliphatic hydroxyl groups excluding tert-OH is 1. The fourth-order valence-electron chi connectivity index (χ4n) is 10.7. The molecule has 1 amide bonds. The van der Waals surface area contributed by atoms with Crippen molar-refractivity contribution in [3.8, 4) is 0 Å². The van der Waals surface area contributed by atoms with Gasteiger partial charge in [0.05, 0.1) is 37.6 Å². The average molecular weight is 956 g/mol. The molecule has 3 unspecified atom stereocenters. The Bertz CT molecular complexity index is 1810. The molecule has 3 aliphatic heterocycles. The third-order valence-corrected chi connectivity index (χ3v) is 15.3. The van der Waals surface area contributed by atoms with Gasteiger partial charge in [-0.05, 0) is 119 Å². The highest BCUT2D eigenvalue weighted by molar-refractivity contribution is 6.39. The van der Waals surface area contributed by atoms with Gasteiger partial charge in [0.1, 0.15) is 18.2 Å². The van der Waals surface area contributed by atoms with Crippen LogP contribution in [-0.2, 0) is 52.4 Å². The molecule has 2 N–H and O–H groups in total. The first-order valence-electron chi connectivity index (χ1n) is 25.3. The van der Waals surface area contributed by atoms with Gasteiger partial charge in [-0.15, -0.1) is 0 Å². The Morgan fingerprint density at radius 2 is 1.59 bits per heavy atom. The van der Waals surface area contributed by atoms with Gasteiger partial charge in [0.15, 0.2) is 11.6 Å². The van der Waals surface area contributed by atoms with Crippen LogP contribution in [0.25, 0.3) is 0 Å². The van der Waals surface area contributed by atoms with Gasteiger partial charge >= 0.3 is 5.97 Å². The second-order valence-electron chi connectivity index (χ2n) is 20.5. The summed E-state index contributed by atoms with van der Waals surface area (Å²) in [7, 11) is 4.78. The maximum Gasteiger partial charge on any atom is 0.329 e. The number of rotatable bonds is 9. The Morgan fingerprint density at radius 1 is 0.853 bits per heavy atom. The molecule has 0 aromatic carbocycles. The van der Waals surface area contributed by atoms with Crippen LogP contribution in [0.15, 0.2) is 47.6 Å². The summed E-state index contributed by atoms with van der Waals surface area (Å²) in [6.45, 7) is 15.5. The normalized spacial score (nSPS) is 36.7. The van der Waals surface area contributed by atoms with Crippen molar-refractivity contribution >= 4 is 29.2 Å². The molecule has 14 nitrogen and oxygen atoms in total. The third kappa shape index (κ3) is 15.3. The maximum atomic E-state index is 14.5. The van der Waals surface area contributed by atoms with Gasteiger partial charge in [-0.1, -0.05) is 78.0 Å². The minimum Gasteiger partial charge on any atom is -0.460 e. The van der Waals surface area contributed by atoms with Crippen molar-refractivity contribution in [3.05, 3.63) is 47.6 Å². The van der Waals surface area contributed by atoms with Crippen molar-refractivity contribution in [3.63, 3.8) is 0 Å². The van der Waals surface area contributed by atoms with Gasteiger partial charge in [0.2, 0.25) is 5.79 Å². The van der Waals surface area contributed by atoms with Crippen molar-refractivity contribution < 1.29 is 62.6 Å². The number of methoxy groups -OCH3 is 3. The SMILES string of the molecule is CO[C@H]1CC2CC[C@@H](C)[C@@](O)(O2)C(=O)C(=O)N2CCCC[C@H]2C(=O)OC([C@H](C)C[C@@H]2CC[C@@H](OCCO)[C@H](OC)C2)CC(=O)C(C)=CC(C)[C@@H](C)[C@@H](OC)C(=O)[C@H](C)C[C@H](C)C=CC=CC=C1C. The zero-order valence-corrected chi connectivity index (χ0v) is 43.0. The van der Waals surface area contributed by atoms with Crippen molar-refractivity contribution in [2.75, 3.05) is 41.1 Å². The van der Waals surface area contributed by atoms with Gasteiger partial charge < -0.3 is 43.5 Å². The predicted octanol–water partition coefficient (Wildman–Crippen LogP) is 7.47. The van der Waals surface area contributed by atoms with Crippen molar-refractivity contribution in [2.45, 2.75) is 181 Å². The van der Waals surface area contributed by atoms with E-state index in [9.17, 15) is 34.2 Å². The molecular weight excluding hydrogens is 871 g/mol. The van der Waals surface area contributed by atoms with Gasteiger partial charge in [0.25, 0.3) is 11.7 Å². The summed E-state index contributed by atoms with van der Waals surface area (Å²) >= 11 is 0. The molecule has 1 saturated carbocycles. The van der Waals surface area contributed by atoms with Crippen LogP contribution >= 0.6 is 0 Å². The van der Waals surface area contributed by atoms with Crippen LogP contribution in [0.2, 0.25) is 0 Å². The number of esters is 1. The Kier molecular flexibility index (Phi) is 23.0. The highest BCUT2D eigenvalue weighted by Crippen LogP contribution is 2.38. The fraction of sp³-hybridized carbons (Fsp3) is 0.759. The summed E-state index contributed by atoms with van der Waals surface area (Å²) in [6.07, 6.45) is 14.8. The van der Waals surface area contributed by atoms with Crippen LogP contribution < -0.4 is 0 Å². The number of amides is 1. The number of allylic oxidation sites excluding steroid dienone is 7. The van der Waals surface area contributed by atoms with Crippen LogP contribution in [0.4, 0.5) is 0 Å². The molecular formula is C54H85NO13. The smallest absolute Gasteiger partial charge is 0.329 e. The number of fused-ring (bicyclic) bond motifs is 3. The van der Waals surface area contributed by atoms with E-state index >= 15 is 0 Å². The zero-order chi connectivity index (χ0) is 50.3. The number of ether oxygens (including phenoxy) is 6.